The van der Waals surface area contributed by atoms with Gasteiger partial charge in [0.05, 0.1) is 12.6 Å². The Kier molecular flexibility index (Phi) is 4.56. The van der Waals surface area contributed by atoms with E-state index in [9.17, 15) is 8.78 Å². The van der Waals surface area contributed by atoms with Crippen LogP contribution in [0.5, 0.6) is 5.75 Å². The first-order chi connectivity index (χ1) is 14.5. The minimum atomic E-state index is -0.997. The summed E-state index contributed by atoms with van der Waals surface area (Å²) in [6, 6.07) is 9.91. The summed E-state index contributed by atoms with van der Waals surface area (Å²) in [7, 11) is 1.42. The highest BCUT2D eigenvalue weighted by Crippen LogP contribution is 2.26. The lowest BCUT2D eigenvalue weighted by Gasteiger charge is -2.15. The molecule has 1 aliphatic heterocycles. The molecule has 4 aromatic rings. The van der Waals surface area contributed by atoms with Crippen molar-refractivity contribution in [2.45, 2.75) is 18.8 Å². The molecule has 2 N–H and O–H groups in total. The lowest BCUT2D eigenvalue weighted by molar-refractivity contribution is 0.280. The lowest BCUT2D eigenvalue weighted by Crippen LogP contribution is -2.30. The Morgan fingerprint density at radius 3 is 2.80 bits per heavy atom. The van der Waals surface area contributed by atoms with Crippen LogP contribution in [-0.4, -0.2) is 56.9 Å². The van der Waals surface area contributed by atoms with Crippen LogP contribution in [0.2, 0.25) is 0 Å². The van der Waals surface area contributed by atoms with Crippen molar-refractivity contribution in [1.29, 1.82) is 0 Å². The molecule has 7 nitrogen and oxygen atoms in total. The van der Waals surface area contributed by atoms with Crippen LogP contribution in [0.25, 0.3) is 28.1 Å². The molecule has 0 amide bonds. The molecule has 1 fully saturated rings. The highest BCUT2D eigenvalue weighted by Gasteiger charge is 2.29. The third-order valence-corrected chi connectivity index (χ3v) is 5.43. The molecule has 0 bridgehead atoms. The van der Waals surface area contributed by atoms with Gasteiger partial charge in [0.1, 0.15) is 11.9 Å². The summed E-state index contributed by atoms with van der Waals surface area (Å²) in [6.07, 6.45) is 0.932. The SMILES string of the molecule is COc1cc2nc(-c3nnc4ccc(CN5CC(N)C(F)C5)cn34)ccc2cc1F. The fraction of sp³-hybridized carbons (Fsp3) is 0.286. The zero-order chi connectivity index (χ0) is 20.8. The molecule has 0 radical (unpaired) electrons. The molecule has 1 saturated heterocycles. The number of nitrogens with two attached hydrogens (primary N) is 1. The Morgan fingerprint density at radius 1 is 1.17 bits per heavy atom. The Balaban J connectivity index is 1.51. The number of ether oxygens (including phenoxy) is 1. The molecule has 1 aliphatic rings. The zero-order valence-corrected chi connectivity index (χ0v) is 16.3. The number of likely N-dealkylation sites (tertiary alicyclic amines) is 1. The van der Waals surface area contributed by atoms with Crippen molar-refractivity contribution in [3.05, 3.63) is 54.0 Å². The number of benzene rings is 1. The van der Waals surface area contributed by atoms with E-state index in [1.807, 2.05) is 27.6 Å². The number of hydrogen-bond donors (Lipinski definition) is 1. The van der Waals surface area contributed by atoms with E-state index < -0.39 is 18.0 Å². The van der Waals surface area contributed by atoms with Crippen molar-refractivity contribution in [3.63, 3.8) is 0 Å². The van der Waals surface area contributed by atoms with E-state index >= 15 is 0 Å². The largest absolute Gasteiger partial charge is 0.494 e. The summed E-state index contributed by atoms with van der Waals surface area (Å²) in [6.45, 7) is 1.45. The summed E-state index contributed by atoms with van der Waals surface area (Å²) in [5.74, 6) is 0.267. The van der Waals surface area contributed by atoms with Crippen molar-refractivity contribution < 1.29 is 13.5 Å². The average Bonchev–Trinajstić information content (AvgIpc) is 3.29. The number of halogens is 2. The smallest absolute Gasteiger partial charge is 0.187 e. The van der Waals surface area contributed by atoms with Gasteiger partial charge in [-0.15, -0.1) is 10.2 Å². The monoisotopic (exact) mass is 410 g/mol. The van der Waals surface area contributed by atoms with Crippen LogP contribution in [0.3, 0.4) is 0 Å². The van der Waals surface area contributed by atoms with E-state index in [0.29, 0.717) is 47.7 Å². The fourth-order valence-corrected chi connectivity index (χ4v) is 3.86. The third kappa shape index (κ3) is 3.25. The molecular weight excluding hydrogens is 390 g/mol. The van der Waals surface area contributed by atoms with E-state index in [2.05, 4.69) is 15.2 Å². The fourth-order valence-electron chi connectivity index (χ4n) is 3.86. The van der Waals surface area contributed by atoms with Gasteiger partial charge in [-0.2, -0.15) is 0 Å². The minimum absolute atomic E-state index is 0.135. The maximum atomic E-state index is 13.9. The van der Waals surface area contributed by atoms with Gasteiger partial charge in [-0.1, -0.05) is 12.1 Å². The Labute approximate surface area is 171 Å². The molecule has 30 heavy (non-hydrogen) atoms. The number of alkyl halides is 1. The molecule has 0 spiro atoms. The summed E-state index contributed by atoms with van der Waals surface area (Å²) in [4.78, 5) is 6.62. The van der Waals surface area contributed by atoms with Gasteiger partial charge in [-0.3, -0.25) is 9.30 Å². The number of pyridine rings is 2. The molecule has 5 rings (SSSR count). The van der Waals surface area contributed by atoms with Crippen LogP contribution in [0.4, 0.5) is 8.78 Å². The summed E-state index contributed by atoms with van der Waals surface area (Å²) in [5, 5.41) is 9.16. The Bertz CT molecular complexity index is 1230. The first-order valence-electron chi connectivity index (χ1n) is 9.62. The molecule has 0 aliphatic carbocycles. The quantitative estimate of drug-likeness (QED) is 0.557. The van der Waals surface area contributed by atoms with Gasteiger partial charge in [-0.25, -0.2) is 13.8 Å². The molecule has 154 valence electrons. The van der Waals surface area contributed by atoms with Gasteiger partial charge in [0, 0.05) is 43.3 Å². The summed E-state index contributed by atoms with van der Waals surface area (Å²) < 4.78 is 34.6. The van der Waals surface area contributed by atoms with Crippen molar-refractivity contribution in [3.8, 4) is 17.3 Å². The lowest BCUT2D eigenvalue weighted by atomic mass is 10.2. The van der Waals surface area contributed by atoms with Crippen LogP contribution in [-0.2, 0) is 6.54 Å². The second kappa shape index (κ2) is 7.26. The minimum Gasteiger partial charge on any atom is -0.494 e. The predicted octanol–water partition coefficient (Wildman–Crippen LogP) is 2.57. The molecular formula is C21H20F2N6O. The average molecular weight is 410 g/mol. The number of aromatic nitrogens is 4. The standard InChI is InChI=1S/C21H20F2N6O/c1-30-19-7-18-13(6-14(19)22)3-4-17(25-18)21-27-26-20-5-2-12(9-29(20)21)8-28-10-15(23)16(24)11-28/h2-7,9,15-16H,8,10-11,24H2,1H3. The van der Waals surface area contributed by atoms with Crippen molar-refractivity contribution in [2.24, 2.45) is 5.73 Å². The van der Waals surface area contributed by atoms with Gasteiger partial charge < -0.3 is 10.5 Å². The van der Waals surface area contributed by atoms with Crippen molar-refractivity contribution in [2.75, 3.05) is 20.2 Å². The maximum Gasteiger partial charge on any atom is 0.187 e. The second-order valence-electron chi connectivity index (χ2n) is 7.54. The molecule has 4 heterocycles. The third-order valence-electron chi connectivity index (χ3n) is 5.43. The van der Waals surface area contributed by atoms with Gasteiger partial charge >= 0.3 is 0 Å². The highest BCUT2D eigenvalue weighted by molar-refractivity contribution is 5.82. The van der Waals surface area contributed by atoms with E-state index in [1.165, 1.54) is 13.2 Å². The van der Waals surface area contributed by atoms with Crippen molar-refractivity contribution >= 4 is 16.6 Å². The van der Waals surface area contributed by atoms with Crippen LogP contribution >= 0.6 is 0 Å². The number of fused-ring (bicyclic) bond motifs is 2. The van der Waals surface area contributed by atoms with Crippen LogP contribution in [0.1, 0.15) is 5.56 Å². The molecule has 9 heteroatoms. The normalized spacial score (nSPS) is 19.7. The summed E-state index contributed by atoms with van der Waals surface area (Å²) >= 11 is 0. The second-order valence-corrected chi connectivity index (χ2v) is 7.54. The number of hydrogen-bond acceptors (Lipinski definition) is 6. The van der Waals surface area contributed by atoms with Crippen LogP contribution in [0.15, 0.2) is 42.6 Å². The predicted molar refractivity (Wildman–Crippen MR) is 108 cm³/mol. The van der Waals surface area contributed by atoms with Gasteiger partial charge in [0.15, 0.2) is 23.0 Å². The van der Waals surface area contributed by atoms with E-state index in [1.54, 1.807) is 18.2 Å². The van der Waals surface area contributed by atoms with E-state index in [0.717, 1.165) is 5.56 Å². The molecule has 2 unspecified atom stereocenters. The van der Waals surface area contributed by atoms with Crippen molar-refractivity contribution in [1.82, 2.24) is 24.5 Å². The van der Waals surface area contributed by atoms with Crippen LogP contribution < -0.4 is 10.5 Å². The van der Waals surface area contributed by atoms with E-state index in [-0.39, 0.29) is 5.75 Å². The highest BCUT2D eigenvalue weighted by atomic mass is 19.1. The summed E-state index contributed by atoms with van der Waals surface area (Å²) in [5.41, 5.74) is 8.66. The van der Waals surface area contributed by atoms with Gasteiger partial charge in [0.25, 0.3) is 0 Å². The van der Waals surface area contributed by atoms with Gasteiger partial charge in [0.2, 0.25) is 0 Å². The Morgan fingerprint density at radius 2 is 2.03 bits per heavy atom. The molecule has 3 aromatic heterocycles. The van der Waals surface area contributed by atoms with Gasteiger partial charge in [-0.05, 0) is 23.8 Å². The first-order valence-corrected chi connectivity index (χ1v) is 9.62. The molecule has 1 aromatic carbocycles. The Hall–Kier alpha value is -3.17. The zero-order valence-electron chi connectivity index (χ0n) is 16.3. The number of methoxy groups -OCH3 is 1. The number of nitrogens with zero attached hydrogens (tertiary/aromatic N) is 5. The van der Waals surface area contributed by atoms with Crippen LogP contribution in [0, 0.1) is 5.82 Å². The topological polar surface area (TPSA) is 81.6 Å². The maximum absolute atomic E-state index is 13.9. The van der Waals surface area contributed by atoms with E-state index in [4.69, 9.17) is 10.5 Å². The number of rotatable bonds is 4. The first kappa shape index (κ1) is 18.8. The molecule has 2 atom stereocenters. The molecule has 0 saturated carbocycles.